The molecular weight excluding hydrogens is 262 g/mol. The Kier molecular flexibility index (Phi) is 5.76. The molecule has 116 valence electrons. The maximum atomic E-state index is 12.4. The van der Waals surface area contributed by atoms with E-state index in [0.717, 1.165) is 38.2 Å². The lowest BCUT2D eigenvalue weighted by Crippen LogP contribution is -2.55. The van der Waals surface area contributed by atoms with Crippen LogP contribution in [0.4, 0.5) is 0 Å². The van der Waals surface area contributed by atoms with E-state index in [4.69, 9.17) is 5.73 Å². The second-order valence-electron chi connectivity index (χ2n) is 5.91. The summed E-state index contributed by atoms with van der Waals surface area (Å²) in [6.45, 7) is 7.96. The Bertz CT molecular complexity index is 441. The second kappa shape index (κ2) is 7.57. The van der Waals surface area contributed by atoms with E-state index in [1.807, 2.05) is 35.2 Å². The zero-order valence-electron chi connectivity index (χ0n) is 13.2. The minimum atomic E-state index is -0.428. The Morgan fingerprint density at radius 3 is 2.38 bits per heavy atom. The molecule has 1 aromatic carbocycles. The van der Waals surface area contributed by atoms with Crippen LogP contribution >= 0.6 is 0 Å². The Labute approximate surface area is 127 Å². The van der Waals surface area contributed by atoms with Crippen molar-refractivity contribution in [2.24, 2.45) is 5.73 Å². The Morgan fingerprint density at radius 2 is 1.81 bits per heavy atom. The zero-order chi connectivity index (χ0) is 15.2. The van der Waals surface area contributed by atoms with E-state index in [1.54, 1.807) is 0 Å². The normalized spacial score (nSPS) is 19.3. The van der Waals surface area contributed by atoms with Gasteiger partial charge in [0.1, 0.15) is 0 Å². The molecule has 1 saturated heterocycles. The van der Waals surface area contributed by atoms with Crippen molar-refractivity contribution >= 4 is 5.91 Å². The van der Waals surface area contributed by atoms with Crippen molar-refractivity contribution < 1.29 is 4.79 Å². The van der Waals surface area contributed by atoms with Crippen LogP contribution in [0.1, 0.15) is 25.8 Å². The number of hydrogen-bond donors (Lipinski definition) is 1. The first kappa shape index (κ1) is 16.0. The molecule has 2 atom stereocenters. The molecule has 0 spiro atoms. The van der Waals surface area contributed by atoms with Crippen LogP contribution in [0.5, 0.6) is 0 Å². The standard InChI is InChI=1S/C17H27N3O/c1-3-14(2)19-9-11-20(12-10-19)17(21)16(18)13-15-7-5-4-6-8-15/h4-8,14,16H,3,9-13,18H2,1-2H3/t14?,16-/m0/s1. The maximum Gasteiger partial charge on any atom is 0.239 e. The molecule has 4 heteroatoms. The van der Waals surface area contributed by atoms with Crippen LogP contribution < -0.4 is 5.73 Å². The Morgan fingerprint density at radius 1 is 1.19 bits per heavy atom. The molecule has 1 aromatic rings. The fourth-order valence-electron chi connectivity index (χ4n) is 2.83. The predicted molar refractivity (Wildman–Crippen MR) is 86.0 cm³/mol. The molecule has 2 N–H and O–H groups in total. The average Bonchev–Trinajstić information content (AvgIpc) is 2.54. The quantitative estimate of drug-likeness (QED) is 0.893. The van der Waals surface area contributed by atoms with E-state index in [0.29, 0.717) is 12.5 Å². The number of piperazine rings is 1. The minimum Gasteiger partial charge on any atom is -0.339 e. The van der Waals surface area contributed by atoms with Gasteiger partial charge in [0.25, 0.3) is 0 Å². The number of amides is 1. The Balaban J connectivity index is 1.84. The van der Waals surface area contributed by atoms with Gasteiger partial charge in [-0.15, -0.1) is 0 Å². The molecule has 2 rings (SSSR count). The van der Waals surface area contributed by atoms with Crippen molar-refractivity contribution in [2.45, 2.75) is 38.8 Å². The lowest BCUT2D eigenvalue weighted by Gasteiger charge is -2.38. The highest BCUT2D eigenvalue weighted by Gasteiger charge is 2.26. The van der Waals surface area contributed by atoms with Gasteiger partial charge in [0.2, 0.25) is 5.91 Å². The average molecular weight is 289 g/mol. The molecule has 1 unspecified atom stereocenters. The van der Waals surface area contributed by atoms with Crippen LogP contribution in [0.15, 0.2) is 30.3 Å². The van der Waals surface area contributed by atoms with E-state index in [1.165, 1.54) is 0 Å². The number of carbonyl (C=O) groups excluding carboxylic acids is 1. The van der Waals surface area contributed by atoms with Gasteiger partial charge in [-0.3, -0.25) is 9.69 Å². The third-order valence-electron chi connectivity index (χ3n) is 4.46. The molecule has 21 heavy (non-hydrogen) atoms. The number of carbonyl (C=O) groups is 1. The largest absolute Gasteiger partial charge is 0.339 e. The lowest BCUT2D eigenvalue weighted by atomic mass is 10.1. The van der Waals surface area contributed by atoms with Crippen molar-refractivity contribution in [1.29, 1.82) is 0 Å². The van der Waals surface area contributed by atoms with E-state index >= 15 is 0 Å². The highest BCUT2D eigenvalue weighted by molar-refractivity contribution is 5.82. The number of benzene rings is 1. The lowest BCUT2D eigenvalue weighted by molar-refractivity contribution is -0.134. The molecule has 0 bridgehead atoms. The highest BCUT2D eigenvalue weighted by atomic mass is 16.2. The summed E-state index contributed by atoms with van der Waals surface area (Å²) in [5.41, 5.74) is 7.22. The van der Waals surface area contributed by atoms with Gasteiger partial charge in [-0.1, -0.05) is 37.3 Å². The molecule has 4 nitrogen and oxygen atoms in total. The Hall–Kier alpha value is -1.39. The third-order valence-corrected chi connectivity index (χ3v) is 4.46. The zero-order valence-corrected chi connectivity index (χ0v) is 13.2. The molecule has 0 saturated carbocycles. The van der Waals surface area contributed by atoms with E-state index < -0.39 is 6.04 Å². The smallest absolute Gasteiger partial charge is 0.239 e. The molecule has 1 amide bonds. The fraction of sp³-hybridized carbons (Fsp3) is 0.588. The van der Waals surface area contributed by atoms with Crippen molar-refractivity contribution in [3.63, 3.8) is 0 Å². The van der Waals surface area contributed by atoms with Gasteiger partial charge in [0, 0.05) is 32.2 Å². The van der Waals surface area contributed by atoms with E-state index in [-0.39, 0.29) is 5.91 Å². The summed E-state index contributed by atoms with van der Waals surface area (Å²) < 4.78 is 0. The van der Waals surface area contributed by atoms with Gasteiger partial charge >= 0.3 is 0 Å². The van der Waals surface area contributed by atoms with Crippen molar-refractivity contribution in [1.82, 2.24) is 9.80 Å². The molecule has 1 fully saturated rings. The SMILES string of the molecule is CCC(C)N1CCN(C(=O)[C@@H](N)Cc2ccccc2)CC1. The summed E-state index contributed by atoms with van der Waals surface area (Å²) in [5.74, 6) is 0.0858. The van der Waals surface area contributed by atoms with E-state index in [9.17, 15) is 4.79 Å². The molecule has 1 aliphatic rings. The van der Waals surface area contributed by atoms with Crippen LogP contribution in [0.3, 0.4) is 0 Å². The molecule has 0 radical (unpaired) electrons. The minimum absolute atomic E-state index is 0.0858. The van der Waals surface area contributed by atoms with Gasteiger partial charge in [0.15, 0.2) is 0 Å². The molecule has 1 heterocycles. The first-order valence-electron chi connectivity index (χ1n) is 7.94. The fourth-order valence-corrected chi connectivity index (χ4v) is 2.83. The van der Waals surface area contributed by atoms with Gasteiger partial charge in [-0.05, 0) is 25.3 Å². The number of rotatable bonds is 5. The molecule has 0 aromatic heterocycles. The monoisotopic (exact) mass is 289 g/mol. The van der Waals surface area contributed by atoms with Crippen LogP contribution in [0, 0.1) is 0 Å². The van der Waals surface area contributed by atoms with Crippen LogP contribution in [-0.2, 0) is 11.2 Å². The molecular formula is C17H27N3O. The number of nitrogens with two attached hydrogens (primary N) is 1. The first-order chi connectivity index (χ1) is 10.1. The van der Waals surface area contributed by atoms with Gasteiger partial charge in [0.05, 0.1) is 6.04 Å². The van der Waals surface area contributed by atoms with Gasteiger partial charge in [-0.2, -0.15) is 0 Å². The first-order valence-corrected chi connectivity index (χ1v) is 7.94. The molecule has 0 aliphatic carbocycles. The summed E-state index contributed by atoms with van der Waals surface area (Å²) in [7, 11) is 0. The highest BCUT2D eigenvalue weighted by Crippen LogP contribution is 2.11. The summed E-state index contributed by atoms with van der Waals surface area (Å²) >= 11 is 0. The number of nitrogens with zero attached hydrogens (tertiary/aromatic N) is 2. The summed E-state index contributed by atoms with van der Waals surface area (Å²) in [6, 6.07) is 10.2. The second-order valence-corrected chi connectivity index (χ2v) is 5.91. The van der Waals surface area contributed by atoms with Crippen molar-refractivity contribution in [3.05, 3.63) is 35.9 Å². The van der Waals surface area contributed by atoms with Crippen LogP contribution in [0.2, 0.25) is 0 Å². The topological polar surface area (TPSA) is 49.6 Å². The van der Waals surface area contributed by atoms with Crippen LogP contribution in [-0.4, -0.2) is 54.0 Å². The maximum absolute atomic E-state index is 12.4. The van der Waals surface area contributed by atoms with Crippen molar-refractivity contribution in [2.75, 3.05) is 26.2 Å². The summed E-state index contributed by atoms with van der Waals surface area (Å²) in [4.78, 5) is 16.8. The van der Waals surface area contributed by atoms with Crippen LogP contribution in [0.25, 0.3) is 0 Å². The van der Waals surface area contributed by atoms with E-state index in [2.05, 4.69) is 18.7 Å². The summed E-state index contributed by atoms with van der Waals surface area (Å²) in [6.07, 6.45) is 1.77. The van der Waals surface area contributed by atoms with Gasteiger partial charge < -0.3 is 10.6 Å². The van der Waals surface area contributed by atoms with Gasteiger partial charge in [-0.25, -0.2) is 0 Å². The molecule has 1 aliphatic heterocycles. The third kappa shape index (κ3) is 4.29. The summed E-state index contributed by atoms with van der Waals surface area (Å²) in [5, 5.41) is 0. The van der Waals surface area contributed by atoms with Crippen molar-refractivity contribution in [3.8, 4) is 0 Å². The number of hydrogen-bond acceptors (Lipinski definition) is 3. The predicted octanol–water partition coefficient (Wildman–Crippen LogP) is 1.50.